The molecule has 2 heterocycles. The SMILES string of the molecule is CN=C(NCCc1nc(C)no1)NCc1ccoc1.I. The van der Waals surface area contributed by atoms with E-state index in [-0.39, 0.29) is 24.0 Å². The minimum atomic E-state index is 0. The minimum absolute atomic E-state index is 0. The van der Waals surface area contributed by atoms with Crippen LogP contribution in [0.2, 0.25) is 0 Å². The second-order valence-electron chi connectivity index (χ2n) is 3.97. The van der Waals surface area contributed by atoms with Crippen molar-refractivity contribution < 1.29 is 8.94 Å². The zero-order valence-corrected chi connectivity index (χ0v) is 13.8. The summed E-state index contributed by atoms with van der Waals surface area (Å²) in [6.45, 7) is 3.13. The van der Waals surface area contributed by atoms with Crippen LogP contribution in [0.3, 0.4) is 0 Å². The van der Waals surface area contributed by atoms with Crippen molar-refractivity contribution in [3.05, 3.63) is 35.9 Å². The van der Waals surface area contributed by atoms with Crippen molar-refractivity contribution in [1.82, 2.24) is 20.8 Å². The molecule has 0 fully saturated rings. The van der Waals surface area contributed by atoms with Gasteiger partial charge in [0.2, 0.25) is 5.89 Å². The average molecular weight is 391 g/mol. The molecule has 20 heavy (non-hydrogen) atoms. The van der Waals surface area contributed by atoms with Gasteiger partial charge in [0.15, 0.2) is 11.8 Å². The van der Waals surface area contributed by atoms with Crippen LogP contribution in [0.5, 0.6) is 0 Å². The number of nitrogens with one attached hydrogen (secondary N) is 2. The quantitative estimate of drug-likeness (QED) is 0.456. The first-order chi connectivity index (χ1) is 9.28. The summed E-state index contributed by atoms with van der Waals surface area (Å²) in [5.74, 6) is 1.99. The number of aromatic nitrogens is 2. The zero-order chi connectivity index (χ0) is 13.5. The van der Waals surface area contributed by atoms with Crippen molar-refractivity contribution in [2.24, 2.45) is 4.99 Å². The van der Waals surface area contributed by atoms with E-state index in [1.54, 1.807) is 26.5 Å². The van der Waals surface area contributed by atoms with Crippen LogP contribution in [0.15, 0.2) is 32.5 Å². The van der Waals surface area contributed by atoms with Gasteiger partial charge < -0.3 is 19.6 Å². The molecule has 0 aliphatic carbocycles. The number of hydrogen-bond acceptors (Lipinski definition) is 5. The highest BCUT2D eigenvalue weighted by molar-refractivity contribution is 14.0. The van der Waals surface area contributed by atoms with Gasteiger partial charge in [0, 0.05) is 32.1 Å². The van der Waals surface area contributed by atoms with Crippen molar-refractivity contribution in [2.45, 2.75) is 19.9 Å². The zero-order valence-electron chi connectivity index (χ0n) is 11.4. The smallest absolute Gasteiger partial charge is 0.228 e. The maximum absolute atomic E-state index is 5.02. The van der Waals surface area contributed by atoms with Gasteiger partial charge in [0.05, 0.1) is 12.5 Å². The molecule has 0 aliphatic rings. The molecule has 7 nitrogen and oxygen atoms in total. The van der Waals surface area contributed by atoms with E-state index in [1.807, 2.05) is 6.07 Å². The monoisotopic (exact) mass is 391 g/mol. The maximum atomic E-state index is 5.02. The predicted octanol–water partition coefficient (Wildman–Crippen LogP) is 1.50. The molecule has 0 amide bonds. The van der Waals surface area contributed by atoms with Crippen LogP contribution < -0.4 is 10.6 Å². The molecule has 0 bridgehead atoms. The van der Waals surface area contributed by atoms with Crippen molar-refractivity contribution in [1.29, 1.82) is 0 Å². The first-order valence-electron chi connectivity index (χ1n) is 6.02. The van der Waals surface area contributed by atoms with Crippen LogP contribution in [-0.4, -0.2) is 29.7 Å². The number of hydrogen-bond donors (Lipinski definition) is 2. The van der Waals surface area contributed by atoms with Crippen LogP contribution >= 0.6 is 24.0 Å². The second kappa shape index (κ2) is 8.56. The topological polar surface area (TPSA) is 88.5 Å². The Balaban J connectivity index is 0.00000200. The van der Waals surface area contributed by atoms with Gasteiger partial charge in [0.1, 0.15) is 0 Å². The summed E-state index contributed by atoms with van der Waals surface area (Å²) in [5.41, 5.74) is 1.07. The van der Waals surface area contributed by atoms with Gasteiger partial charge in [-0.25, -0.2) is 0 Å². The lowest BCUT2D eigenvalue weighted by molar-refractivity contribution is 0.374. The first kappa shape index (κ1) is 16.5. The number of aliphatic imine (C=N–C) groups is 1. The highest BCUT2D eigenvalue weighted by Gasteiger charge is 2.03. The Morgan fingerprint density at radius 3 is 2.85 bits per heavy atom. The summed E-state index contributed by atoms with van der Waals surface area (Å²) in [6.07, 6.45) is 4.00. The number of rotatable bonds is 5. The molecule has 110 valence electrons. The van der Waals surface area contributed by atoms with Gasteiger partial charge in [-0.1, -0.05) is 5.16 Å². The minimum Gasteiger partial charge on any atom is -0.472 e. The van der Waals surface area contributed by atoms with Crippen LogP contribution in [0.25, 0.3) is 0 Å². The molecule has 0 atom stereocenters. The van der Waals surface area contributed by atoms with E-state index >= 15 is 0 Å². The summed E-state index contributed by atoms with van der Waals surface area (Å²) < 4.78 is 10.0. The van der Waals surface area contributed by atoms with Gasteiger partial charge >= 0.3 is 0 Å². The predicted molar refractivity (Wildman–Crippen MR) is 85.1 cm³/mol. The third-order valence-corrected chi connectivity index (χ3v) is 2.46. The summed E-state index contributed by atoms with van der Waals surface area (Å²) in [7, 11) is 1.72. The lowest BCUT2D eigenvalue weighted by Gasteiger charge is -2.09. The molecule has 0 aliphatic heterocycles. The average Bonchev–Trinajstić information content (AvgIpc) is 3.05. The Labute approximate surface area is 134 Å². The van der Waals surface area contributed by atoms with Gasteiger partial charge in [-0.3, -0.25) is 4.99 Å². The first-order valence-corrected chi connectivity index (χ1v) is 6.02. The molecule has 8 heteroatoms. The fourth-order valence-electron chi connectivity index (χ4n) is 1.53. The Morgan fingerprint density at radius 1 is 1.40 bits per heavy atom. The lowest BCUT2D eigenvalue weighted by Crippen LogP contribution is -2.37. The second-order valence-corrected chi connectivity index (χ2v) is 3.97. The van der Waals surface area contributed by atoms with Gasteiger partial charge in [0.25, 0.3) is 0 Å². The van der Waals surface area contributed by atoms with Crippen molar-refractivity contribution in [3.8, 4) is 0 Å². The normalized spacial score (nSPS) is 11.0. The van der Waals surface area contributed by atoms with Crippen molar-refractivity contribution in [3.63, 3.8) is 0 Å². The van der Waals surface area contributed by atoms with Crippen LogP contribution in [0.4, 0.5) is 0 Å². The van der Waals surface area contributed by atoms with E-state index in [1.165, 1.54) is 0 Å². The summed E-state index contributed by atoms with van der Waals surface area (Å²) in [6, 6.07) is 1.90. The largest absolute Gasteiger partial charge is 0.472 e. The van der Waals surface area contributed by atoms with Gasteiger partial charge in [-0.15, -0.1) is 24.0 Å². The third-order valence-electron chi connectivity index (χ3n) is 2.46. The summed E-state index contributed by atoms with van der Waals surface area (Å²) in [4.78, 5) is 8.25. The number of furan rings is 1. The highest BCUT2D eigenvalue weighted by Crippen LogP contribution is 1.98. The molecular weight excluding hydrogens is 373 g/mol. The molecule has 2 aromatic heterocycles. The molecule has 0 saturated heterocycles. The van der Waals surface area contributed by atoms with E-state index in [0.717, 1.165) is 11.5 Å². The fourth-order valence-corrected chi connectivity index (χ4v) is 1.53. The maximum Gasteiger partial charge on any atom is 0.228 e. The highest BCUT2D eigenvalue weighted by atomic mass is 127. The standard InChI is InChI=1S/C12H17N5O2.HI/c1-9-16-11(19-17-9)3-5-14-12(13-2)15-7-10-4-6-18-8-10;/h4,6,8H,3,5,7H2,1-2H3,(H2,13,14,15);1H. The van der Waals surface area contributed by atoms with Gasteiger partial charge in [-0.2, -0.15) is 4.98 Å². The Kier molecular flexibility index (Phi) is 7.05. The summed E-state index contributed by atoms with van der Waals surface area (Å²) in [5, 5.41) is 10.1. The molecule has 0 radical (unpaired) electrons. The molecule has 0 spiro atoms. The Bertz CT molecular complexity index is 524. The molecule has 2 aromatic rings. The molecule has 2 rings (SSSR count). The van der Waals surface area contributed by atoms with E-state index in [2.05, 4.69) is 25.8 Å². The number of guanidine groups is 1. The number of halogens is 1. The summed E-state index contributed by atoms with van der Waals surface area (Å²) >= 11 is 0. The Hall–Kier alpha value is -1.58. The van der Waals surface area contributed by atoms with E-state index < -0.39 is 0 Å². The third kappa shape index (κ3) is 5.19. The van der Waals surface area contributed by atoms with Crippen molar-refractivity contribution in [2.75, 3.05) is 13.6 Å². The van der Waals surface area contributed by atoms with E-state index in [0.29, 0.717) is 31.2 Å². The van der Waals surface area contributed by atoms with E-state index in [9.17, 15) is 0 Å². The van der Waals surface area contributed by atoms with Crippen LogP contribution in [0, 0.1) is 6.92 Å². The van der Waals surface area contributed by atoms with E-state index in [4.69, 9.17) is 8.94 Å². The number of aryl methyl sites for hydroxylation is 1. The molecule has 0 aromatic carbocycles. The van der Waals surface area contributed by atoms with Crippen LogP contribution in [0.1, 0.15) is 17.3 Å². The molecule has 0 saturated carbocycles. The Morgan fingerprint density at radius 2 is 2.25 bits per heavy atom. The molecular formula is C12H18IN5O2. The molecule has 2 N–H and O–H groups in total. The lowest BCUT2D eigenvalue weighted by atomic mass is 10.3. The fraction of sp³-hybridized carbons (Fsp3) is 0.417. The van der Waals surface area contributed by atoms with Crippen molar-refractivity contribution >= 4 is 29.9 Å². The van der Waals surface area contributed by atoms with Crippen LogP contribution in [-0.2, 0) is 13.0 Å². The van der Waals surface area contributed by atoms with Gasteiger partial charge in [-0.05, 0) is 13.0 Å². The molecule has 0 unspecified atom stereocenters. The number of nitrogens with zero attached hydrogens (tertiary/aromatic N) is 3.